The Morgan fingerprint density at radius 3 is 2.55 bits per heavy atom. The topological polar surface area (TPSA) is 50.2 Å². The van der Waals surface area contributed by atoms with Gasteiger partial charge < -0.3 is 0 Å². The van der Waals surface area contributed by atoms with Crippen molar-refractivity contribution >= 4 is 11.7 Å². The summed E-state index contributed by atoms with van der Waals surface area (Å²) in [7, 11) is 0. The second-order valence-electron chi connectivity index (χ2n) is 5.59. The number of hydrazone groups is 1. The van der Waals surface area contributed by atoms with E-state index >= 15 is 0 Å². The van der Waals surface area contributed by atoms with Gasteiger partial charge in [0.25, 0.3) is 0 Å². The summed E-state index contributed by atoms with van der Waals surface area (Å²) in [5, 5.41) is 4.41. The molecule has 1 aromatic carbocycles. The van der Waals surface area contributed by atoms with Gasteiger partial charge in [-0.3, -0.25) is 0 Å². The predicted molar refractivity (Wildman–Crippen MR) is 92.4 cm³/mol. The molecule has 2 aromatic rings. The van der Waals surface area contributed by atoms with E-state index in [1.165, 1.54) is 18.4 Å². The van der Waals surface area contributed by atoms with E-state index in [0.29, 0.717) is 5.95 Å². The van der Waals surface area contributed by atoms with Gasteiger partial charge in [-0.2, -0.15) is 5.10 Å². The van der Waals surface area contributed by atoms with Crippen molar-refractivity contribution in [3.05, 3.63) is 52.8 Å². The molecule has 0 spiro atoms. The monoisotopic (exact) mass is 296 g/mol. The summed E-state index contributed by atoms with van der Waals surface area (Å²) in [6.45, 7) is 8.11. The highest BCUT2D eigenvalue weighted by molar-refractivity contribution is 5.99. The second-order valence-corrected chi connectivity index (χ2v) is 5.59. The van der Waals surface area contributed by atoms with Gasteiger partial charge in [0.1, 0.15) is 0 Å². The molecule has 0 radical (unpaired) electrons. The Kier molecular flexibility index (Phi) is 5.64. The van der Waals surface area contributed by atoms with E-state index in [9.17, 15) is 0 Å². The van der Waals surface area contributed by atoms with Crippen molar-refractivity contribution in [3.63, 3.8) is 0 Å². The Bertz CT molecular complexity index is 642. The minimum absolute atomic E-state index is 0.541. The molecule has 1 heterocycles. The summed E-state index contributed by atoms with van der Waals surface area (Å²) < 4.78 is 0. The quantitative estimate of drug-likeness (QED) is 0.639. The lowest BCUT2D eigenvalue weighted by atomic mass is 10.0. The van der Waals surface area contributed by atoms with Crippen LogP contribution in [0.3, 0.4) is 0 Å². The van der Waals surface area contributed by atoms with Crippen LogP contribution in [-0.2, 0) is 6.42 Å². The highest BCUT2D eigenvalue weighted by Crippen LogP contribution is 2.10. The number of aryl methyl sites for hydroxylation is 3. The number of hydrogen-bond donors (Lipinski definition) is 1. The molecule has 0 aliphatic heterocycles. The maximum Gasteiger partial charge on any atom is 0.243 e. The number of unbranched alkanes of at least 4 members (excludes halogenated alkanes) is 1. The highest BCUT2D eigenvalue weighted by atomic mass is 15.4. The van der Waals surface area contributed by atoms with Crippen LogP contribution < -0.4 is 5.43 Å². The number of rotatable bonds is 6. The standard InChI is InChI=1S/C18H24N4/c1-5-6-8-16-9-7-10-17(12-16)15(4)21-22-18-19-13(2)11-14(3)20-18/h7,9-12H,5-6,8H2,1-4H3,(H,19,20,22). The van der Waals surface area contributed by atoms with Gasteiger partial charge in [0.05, 0.1) is 5.71 Å². The van der Waals surface area contributed by atoms with Gasteiger partial charge in [0, 0.05) is 11.4 Å². The number of anilines is 1. The minimum atomic E-state index is 0.541. The predicted octanol–water partition coefficient (Wildman–Crippen LogP) is 4.27. The maximum atomic E-state index is 4.41. The van der Waals surface area contributed by atoms with Crippen molar-refractivity contribution in [2.75, 3.05) is 5.43 Å². The Labute approximate surface area is 132 Å². The van der Waals surface area contributed by atoms with Crippen LogP contribution in [0.15, 0.2) is 35.4 Å². The number of nitrogens with one attached hydrogen (secondary N) is 1. The second kappa shape index (κ2) is 7.69. The van der Waals surface area contributed by atoms with Gasteiger partial charge in [0.15, 0.2) is 0 Å². The van der Waals surface area contributed by atoms with Crippen LogP contribution in [0.4, 0.5) is 5.95 Å². The maximum absolute atomic E-state index is 4.41. The van der Waals surface area contributed by atoms with E-state index in [0.717, 1.165) is 29.1 Å². The van der Waals surface area contributed by atoms with Gasteiger partial charge >= 0.3 is 0 Å². The van der Waals surface area contributed by atoms with Crippen LogP contribution in [0.2, 0.25) is 0 Å². The zero-order valence-electron chi connectivity index (χ0n) is 13.8. The van der Waals surface area contributed by atoms with Gasteiger partial charge in [-0.25, -0.2) is 15.4 Å². The van der Waals surface area contributed by atoms with Crippen LogP contribution in [0, 0.1) is 13.8 Å². The molecule has 0 amide bonds. The SMILES string of the molecule is CCCCc1cccc(C(C)=NNc2nc(C)cc(C)n2)c1. The summed E-state index contributed by atoms with van der Waals surface area (Å²) >= 11 is 0. The van der Waals surface area contributed by atoms with Crippen molar-refractivity contribution in [2.24, 2.45) is 5.10 Å². The first-order valence-electron chi connectivity index (χ1n) is 7.80. The smallest absolute Gasteiger partial charge is 0.243 e. The minimum Gasteiger partial charge on any atom is -0.245 e. The number of benzene rings is 1. The molecule has 1 N–H and O–H groups in total. The molecule has 1 aromatic heterocycles. The number of hydrogen-bond acceptors (Lipinski definition) is 4. The fourth-order valence-electron chi connectivity index (χ4n) is 2.31. The fraction of sp³-hybridized carbons (Fsp3) is 0.389. The van der Waals surface area contributed by atoms with E-state index in [1.807, 2.05) is 26.8 Å². The van der Waals surface area contributed by atoms with E-state index in [-0.39, 0.29) is 0 Å². The number of aromatic nitrogens is 2. The average molecular weight is 296 g/mol. The molecule has 0 unspecified atom stereocenters. The summed E-state index contributed by atoms with van der Waals surface area (Å²) in [6, 6.07) is 10.5. The zero-order valence-corrected chi connectivity index (χ0v) is 13.8. The van der Waals surface area contributed by atoms with E-state index in [1.54, 1.807) is 0 Å². The van der Waals surface area contributed by atoms with Crippen molar-refractivity contribution < 1.29 is 0 Å². The molecule has 0 fully saturated rings. The van der Waals surface area contributed by atoms with Crippen molar-refractivity contribution in [1.29, 1.82) is 0 Å². The van der Waals surface area contributed by atoms with Crippen molar-refractivity contribution in [3.8, 4) is 0 Å². The molecular formula is C18H24N4. The molecular weight excluding hydrogens is 272 g/mol. The molecule has 4 nitrogen and oxygen atoms in total. The molecule has 0 aliphatic carbocycles. The number of nitrogens with zero attached hydrogens (tertiary/aromatic N) is 3. The molecule has 22 heavy (non-hydrogen) atoms. The zero-order chi connectivity index (χ0) is 15.9. The molecule has 0 atom stereocenters. The lowest BCUT2D eigenvalue weighted by molar-refractivity contribution is 0.795. The van der Waals surface area contributed by atoms with Crippen LogP contribution in [0.1, 0.15) is 49.2 Å². The van der Waals surface area contributed by atoms with Gasteiger partial charge in [-0.05, 0) is 56.9 Å². The summed E-state index contributed by atoms with van der Waals surface area (Å²) in [6.07, 6.45) is 3.54. The Morgan fingerprint density at radius 2 is 1.86 bits per heavy atom. The third kappa shape index (κ3) is 4.65. The first-order chi connectivity index (χ1) is 10.6. The van der Waals surface area contributed by atoms with Crippen LogP contribution in [0.25, 0.3) is 0 Å². The van der Waals surface area contributed by atoms with Crippen LogP contribution in [-0.4, -0.2) is 15.7 Å². The van der Waals surface area contributed by atoms with Gasteiger partial charge in [-0.1, -0.05) is 31.5 Å². The van der Waals surface area contributed by atoms with Crippen LogP contribution in [0.5, 0.6) is 0 Å². The molecule has 116 valence electrons. The fourth-order valence-corrected chi connectivity index (χ4v) is 2.31. The van der Waals surface area contributed by atoms with E-state index in [4.69, 9.17) is 0 Å². The van der Waals surface area contributed by atoms with Gasteiger partial charge in [-0.15, -0.1) is 0 Å². The Balaban J connectivity index is 2.11. The normalized spacial score (nSPS) is 11.5. The third-order valence-corrected chi connectivity index (χ3v) is 3.47. The Morgan fingerprint density at radius 1 is 1.14 bits per heavy atom. The van der Waals surface area contributed by atoms with Crippen molar-refractivity contribution in [1.82, 2.24) is 9.97 Å². The van der Waals surface area contributed by atoms with E-state index < -0.39 is 0 Å². The third-order valence-electron chi connectivity index (χ3n) is 3.47. The van der Waals surface area contributed by atoms with Crippen molar-refractivity contribution in [2.45, 2.75) is 47.0 Å². The lowest BCUT2D eigenvalue weighted by Gasteiger charge is -2.06. The largest absolute Gasteiger partial charge is 0.245 e. The lowest BCUT2D eigenvalue weighted by Crippen LogP contribution is -2.04. The Hall–Kier alpha value is -2.23. The molecule has 2 rings (SSSR count). The first-order valence-corrected chi connectivity index (χ1v) is 7.80. The summed E-state index contributed by atoms with van der Waals surface area (Å²) in [5.41, 5.74) is 8.24. The average Bonchev–Trinajstić information content (AvgIpc) is 2.50. The summed E-state index contributed by atoms with van der Waals surface area (Å²) in [4.78, 5) is 8.66. The molecule has 0 bridgehead atoms. The summed E-state index contributed by atoms with van der Waals surface area (Å²) in [5.74, 6) is 0.541. The van der Waals surface area contributed by atoms with E-state index in [2.05, 4.69) is 51.7 Å². The molecule has 0 saturated carbocycles. The molecule has 4 heteroatoms. The van der Waals surface area contributed by atoms with Gasteiger partial charge in [0.2, 0.25) is 5.95 Å². The molecule has 0 aliphatic rings. The van der Waals surface area contributed by atoms with Crippen LogP contribution >= 0.6 is 0 Å². The first kappa shape index (κ1) is 16.1. The molecule has 0 saturated heterocycles. The highest BCUT2D eigenvalue weighted by Gasteiger charge is 2.01.